The fraction of sp³-hybridized carbons (Fsp3) is 0.190. The number of aromatic nitrogens is 3. The molecule has 5 rings (SSSR count). The summed E-state index contributed by atoms with van der Waals surface area (Å²) in [6.45, 7) is 0.538. The first-order chi connectivity index (χ1) is 14.4. The average molecular weight is 445 g/mol. The van der Waals surface area contributed by atoms with Crippen molar-refractivity contribution >= 4 is 40.2 Å². The molecule has 0 radical (unpaired) electrons. The molecule has 3 aromatic heterocycles. The zero-order valence-electron chi connectivity index (χ0n) is 15.6. The fourth-order valence-corrected chi connectivity index (χ4v) is 4.54. The molecule has 4 heterocycles. The Labute approximate surface area is 179 Å². The number of aryl methyl sites for hydroxylation is 1. The molecule has 0 fully saturated rings. The number of thiophene rings is 1. The van der Waals surface area contributed by atoms with Crippen LogP contribution in [0.1, 0.15) is 28.2 Å². The lowest BCUT2D eigenvalue weighted by Crippen LogP contribution is -2.35. The van der Waals surface area contributed by atoms with Crippen molar-refractivity contribution < 1.29 is 13.6 Å². The Morgan fingerprint density at radius 2 is 2.00 bits per heavy atom. The first-order valence-electron chi connectivity index (χ1n) is 9.33. The third-order valence-electron chi connectivity index (χ3n) is 5.07. The molecule has 5 nitrogen and oxygen atoms in total. The molecule has 30 heavy (non-hydrogen) atoms. The smallest absolute Gasteiger partial charge is 0.307 e. The number of nitrogens with zero attached hydrogens (tertiary/aromatic N) is 4. The molecular formula is C21H15ClF2N4OS. The number of amides is 1. The second-order valence-electron chi connectivity index (χ2n) is 6.99. The van der Waals surface area contributed by atoms with E-state index in [-0.39, 0.29) is 17.2 Å². The largest absolute Gasteiger partial charge is 0.364 e. The van der Waals surface area contributed by atoms with E-state index in [4.69, 9.17) is 11.6 Å². The van der Waals surface area contributed by atoms with E-state index in [2.05, 4.69) is 10.1 Å². The lowest BCUT2D eigenvalue weighted by Gasteiger charge is -2.28. The van der Waals surface area contributed by atoms with Crippen molar-refractivity contribution in [2.75, 3.05) is 11.4 Å². The monoisotopic (exact) mass is 444 g/mol. The van der Waals surface area contributed by atoms with Crippen molar-refractivity contribution in [3.8, 4) is 10.6 Å². The Balaban J connectivity index is 1.62. The van der Waals surface area contributed by atoms with E-state index in [1.807, 2.05) is 35.7 Å². The number of alkyl halides is 3. The zero-order chi connectivity index (χ0) is 20.9. The van der Waals surface area contributed by atoms with Gasteiger partial charge in [-0.05, 0) is 53.6 Å². The Hall–Kier alpha value is -2.84. The molecule has 0 atom stereocenters. The topological polar surface area (TPSA) is 50.5 Å². The molecule has 0 saturated carbocycles. The Bertz CT molecular complexity index is 1250. The fourth-order valence-electron chi connectivity index (χ4n) is 3.71. The molecule has 1 amide bonds. The minimum absolute atomic E-state index is 0.0460. The predicted octanol–water partition coefficient (Wildman–Crippen LogP) is 5.34. The summed E-state index contributed by atoms with van der Waals surface area (Å²) in [5, 5.41) is 2.31. The number of benzene rings is 1. The van der Waals surface area contributed by atoms with Crippen LogP contribution in [-0.4, -0.2) is 27.0 Å². The first kappa shape index (κ1) is 19.1. The van der Waals surface area contributed by atoms with E-state index in [0.717, 1.165) is 33.5 Å². The van der Waals surface area contributed by atoms with E-state index < -0.39 is 11.1 Å². The van der Waals surface area contributed by atoms with Gasteiger partial charge in [-0.15, -0.1) is 11.3 Å². The first-order valence-corrected chi connectivity index (χ1v) is 10.6. The highest BCUT2D eigenvalue weighted by Gasteiger charge is 2.34. The quantitative estimate of drug-likeness (QED) is 0.401. The maximum absolute atomic E-state index is 14.2. The molecule has 1 aliphatic heterocycles. The summed E-state index contributed by atoms with van der Waals surface area (Å²) in [4.78, 5) is 20.0. The number of rotatable bonds is 3. The standard InChI is InChI=1S/C21H15ClF2N4OS/c22-21(23,24)18-11-14(17-8-4-10-30-17)25-19-12-15(26-28(18)19)20(29)27-9-3-6-13-5-1-2-7-16(13)27/h1-2,4-5,7-8,10-12H,3,6,9H2. The van der Waals surface area contributed by atoms with Crippen molar-refractivity contribution in [3.63, 3.8) is 0 Å². The number of hydrogen-bond acceptors (Lipinski definition) is 4. The summed E-state index contributed by atoms with van der Waals surface area (Å²) in [5.74, 6) is -0.353. The van der Waals surface area contributed by atoms with Crippen molar-refractivity contribution in [1.82, 2.24) is 14.6 Å². The lowest BCUT2D eigenvalue weighted by atomic mass is 10.0. The van der Waals surface area contributed by atoms with Gasteiger partial charge >= 0.3 is 5.38 Å². The van der Waals surface area contributed by atoms with Gasteiger partial charge in [-0.25, -0.2) is 9.50 Å². The normalized spacial score (nSPS) is 14.2. The second-order valence-corrected chi connectivity index (χ2v) is 8.41. The molecule has 0 spiro atoms. The maximum atomic E-state index is 14.2. The predicted molar refractivity (Wildman–Crippen MR) is 112 cm³/mol. The number of halogens is 3. The van der Waals surface area contributed by atoms with Crippen molar-refractivity contribution in [3.05, 3.63) is 70.9 Å². The molecule has 0 unspecified atom stereocenters. The minimum atomic E-state index is -3.67. The number of carbonyl (C=O) groups is 1. The Morgan fingerprint density at radius 1 is 1.17 bits per heavy atom. The number of carbonyl (C=O) groups excluding carboxylic acids is 1. The van der Waals surface area contributed by atoms with Crippen LogP contribution in [0.5, 0.6) is 0 Å². The van der Waals surface area contributed by atoms with Crippen LogP contribution in [0.25, 0.3) is 16.2 Å². The third kappa shape index (κ3) is 3.26. The molecule has 0 aliphatic carbocycles. The van der Waals surface area contributed by atoms with Gasteiger partial charge in [-0.2, -0.15) is 13.9 Å². The van der Waals surface area contributed by atoms with Crippen molar-refractivity contribution in [2.24, 2.45) is 0 Å². The maximum Gasteiger partial charge on any atom is 0.364 e. The van der Waals surface area contributed by atoms with Gasteiger partial charge in [0.25, 0.3) is 5.91 Å². The van der Waals surface area contributed by atoms with Gasteiger partial charge in [0.05, 0.1) is 10.6 Å². The average Bonchev–Trinajstić information content (AvgIpc) is 3.41. The SMILES string of the molecule is O=C(c1cc2nc(-c3cccs3)cc(C(F)(F)Cl)n2n1)N1CCCc2ccccc21. The summed E-state index contributed by atoms with van der Waals surface area (Å²) < 4.78 is 29.3. The van der Waals surface area contributed by atoms with E-state index in [0.29, 0.717) is 12.2 Å². The second kappa shape index (κ2) is 7.14. The Kier molecular flexibility index (Phi) is 4.56. The summed E-state index contributed by atoms with van der Waals surface area (Å²) in [6, 6.07) is 13.9. The number of anilines is 1. The molecule has 152 valence electrons. The van der Waals surface area contributed by atoms with Crippen molar-refractivity contribution in [1.29, 1.82) is 0 Å². The van der Waals surface area contributed by atoms with Gasteiger partial charge < -0.3 is 4.90 Å². The molecule has 1 aliphatic rings. The van der Waals surface area contributed by atoms with Gasteiger partial charge in [0.1, 0.15) is 5.69 Å². The zero-order valence-corrected chi connectivity index (χ0v) is 17.1. The van der Waals surface area contributed by atoms with Crippen molar-refractivity contribution in [2.45, 2.75) is 18.2 Å². The van der Waals surface area contributed by atoms with Gasteiger partial charge in [0.15, 0.2) is 11.3 Å². The highest BCUT2D eigenvalue weighted by atomic mass is 35.5. The van der Waals surface area contributed by atoms with E-state index in [1.54, 1.807) is 11.0 Å². The van der Waals surface area contributed by atoms with E-state index >= 15 is 0 Å². The molecule has 0 bridgehead atoms. The van der Waals surface area contributed by atoms with Crippen LogP contribution >= 0.6 is 22.9 Å². The molecular weight excluding hydrogens is 430 g/mol. The summed E-state index contributed by atoms with van der Waals surface area (Å²) >= 11 is 6.74. The van der Waals surface area contributed by atoms with E-state index in [9.17, 15) is 13.6 Å². The van der Waals surface area contributed by atoms with Crippen LogP contribution in [0.15, 0.2) is 53.9 Å². The van der Waals surface area contributed by atoms with Crippen LogP contribution in [0.2, 0.25) is 0 Å². The minimum Gasteiger partial charge on any atom is -0.307 e. The van der Waals surface area contributed by atoms with Crippen LogP contribution in [0, 0.1) is 0 Å². The molecule has 9 heteroatoms. The lowest BCUT2D eigenvalue weighted by molar-refractivity contribution is 0.0868. The highest BCUT2D eigenvalue weighted by Crippen LogP contribution is 2.36. The third-order valence-corrected chi connectivity index (χ3v) is 6.15. The summed E-state index contributed by atoms with van der Waals surface area (Å²) in [6.07, 6.45) is 1.71. The van der Waals surface area contributed by atoms with Crippen LogP contribution in [0.4, 0.5) is 14.5 Å². The number of hydrogen-bond donors (Lipinski definition) is 0. The van der Waals surface area contributed by atoms with Gasteiger partial charge in [0, 0.05) is 18.3 Å². The van der Waals surface area contributed by atoms with Gasteiger partial charge in [-0.3, -0.25) is 4.79 Å². The van der Waals surface area contributed by atoms with Crippen LogP contribution < -0.4 is 4.90 Å². The summed E-state index contributed by atoms with van der Waals surface area (Å²) in [5.41, 5.74) is 1.91. The number of fused-ring (bicyclic) bond motifs is 2. The summed E-state index contributed by atoms with van der Waals surface area (Å²) in [7, 11) is 0. The molecule has 4 aromatic rings. The van der Waals surface area contributed by atoms with Gasteiger partial charge in [0.2, 0.25) is 0 Å². The highest BCUT2D eigenvalue weighted by molar-refractivity contribution is 7.13. The van der Waals surface area contributed by atoms with Crippen LogP contribution in [-0.2, 0) is 11.8 Å². The van der Waals surface area contributed by atoms with Crippen LogP contribution in [0.3, 0.4) is 0 Å². The molecule has 0 N–H and O–H groups in total. The van der Waals surface area contributed by atoms with Gasteiger partial charge in [-0.1, -0.05) is 24.3 Å². The molecule has 1 aromatic carbocycles. The molecule has 0 saturated heterocycles. The Morgan fingerprint density at radius 3 is 2.77 bits per heavy atom. The van der Waals surface area contributed by atoms with E-state index in [1.165, 1.54) is 23.5 Å². The number of para-hydroxylation sites is 1.